The molecule has 2 aliphatic rings. The first-order valence-corrected chi connectivity index (χ1v) is 8.29. The van der Waals surface area contributed by atoms with Crippen LogP contribution in [-0.2, 0) is 4.74 Å². The molecule has 2 fully saturated rings. The molecule has 1 atom stereocenters. The maximum absolute atomic E-state index is 12.1. The highest BCUT2D eigenvalue weighted by Crippen LogP contribution is 2.36. The van der Waals surface area contributed by atoms with Crippen molar-refractivity contribution in [3.8, 4) is 0 Å². The number of anilines is 1. The van der Waals surface area contributed by atoms with Gasteiger partial charge in [0.15, 0.2) is 0 Å². The fraction of sp³-hybridized carbons (Fsp3) is 0.688. The molecule has 0 aliphatic carbocycles. The number of urea groups is 1. The van der Waals surface area contributed by atoms with Crippen LogP contribution in [-0.4, -0.2) is 58.3 Å². The summed E-state index contributed by atoms with van der Waals surface area (Å²) in [5.41, 5.74) is -0.110. The molecule has 126 valence electrons. The van der Waals surface area contributed by atoms with Crippen LogP contribution >= 0.6 is 0 Å². The van der Waals surface area contributed by atoms with Crippen molar-refractivity contribution in [2.24, 2.45) is 0 Å². The SMILES string of the molecule is CC(C)NC(=O)N1CCC2(CC1)C[C@@H](Nc1ncccn1)CO2. The van der Waals surface area contributed by atoms with E-state index in [1.54, 1.807) is 18.5 Å². The van der Waals surface area contributed by atoms with Gasteiger partial charge in [-0.05, 0) is 39.2 Å². The van der Waals surface area contributed by atoms with Gasteiger partial charge in [0.25, 0.3) is 0 Å². The van der Waals surface area contributed by atoms with Gasteiger partial charge in [-0.3, -0.25) is 0 Å². The Hall–Kier alpha value is -1.89. The zero-order chi connectivity index (χ0) is 16.3. The largest absolute Gasteiger partial charge is 0.373 e. The van der Waals surface area contributed by atoms with Crippen molar-refractivity contribution < 1.29 is 9.53 Å². The third kappa shape index (κ3) is 3.90. The second-order valence-corrected chi connectivity index (χ2v) is 6.70. The summed E-state index contributed by atoms with van der Waals surface area (Å²) in [5, 5.41) is 6.28. The monoisotopic (exact) mass is 319 g/mol. The lowest BCUT2D eigenvalue weighted by Gasteiger charge is -2.38. The predicted octanol–water partition coefficient (Wildman–Crippen LogP) is 1.63. The normalized spacial score (nSPS) is 23.3. The average Bonchev–Trinajstić information content (AvgIpc) is 2.91. The van der Waals surface area contributed by atoms with Gasteiger partial charge in [-0.2, -0.15) is 0 Å². The molecule has 0 bridgehead atoms. The van der Waals surface area contributed by atoms with Crippen LogP contribution in [0.4, 0.5) is 10.7 Å². The Morgan fingerprint density at radius 3 is 2.70 bits per heavy atom. The number of aromatic nitrogens is 2. The average molecular weight is 319 g/mol. The van der Waals surface area contributed by atoms with Crippen LogP contribution in [0.15, 0.2) is 18.5 Å². The second kappa shape index (κ2) is 6.70. The Bertz CT molecular complexity index is 529. The maximum atomic E-state index is 12.1. The van der Waals surface area contributed by atoms with Gasteiger partial charge in [-0.15, -0.1) is 0 Å². The van der Waals surface area contributed by atoms with Crippen LogP contribution in [0.1, 0.15) is 33.1 Å². The van der Waals surface area contributed by atoms with Crippen molar-refractivity contribution in [3.63, 3.8) is 0 Å². The summed E-state index contributed by atoms with van der Waals surface area (Å²) in [6.45, 7) is 6.10. The Morgan fingerprint density at radius 1 is 1.35 bits per heavy atom. The van der Waals surface area contributed by atoms with Crippen LogP contribution < -0.4 is 10.6 Å². The Balaban J connectivity index is 1.50. The molecule has 0 aromatic carbocycles. The van der Waals surface area contributed by atoms with Crippen LogP contribution in [0.5, 0.6) is 0 Å². The summed E-state index contributed by atoms with van der Waals surface area (Å²) < 4.78 is 6.10. The van der Waals surface area contributed by atoms with E-state index in [9.17, 15) is 4.79 Å². The summed E-state index contributed by atoms with van der Waals surface area (Å²) in [7, 11) is 0. The van der Waals surface area contributed by atoms with E-state index in [1.165, 1.54) is 0 Å². The highest BCUT2D eigenvalue weighted by atomic mass is 16.5. The van der Waals surface area contributed by atoms with Crippen molar-refractivity contribution in [1.29, 1.82) is 0 Å². The van der Waals surface area contributed by atoms with Crippen LogP contribution in [0.2, 0.25) is 0 Å². The molecule has 0 radical (unpaired) electrons. The standard InChI is InChI=1S/C16H25N5O2/c1-12(2)19-15(22)21-8-4-16(5-9-21)10-13(11-23-16)20-14-17-6-3-7-18-14/h3,6-7,12-13H,4-5,8-11H2,1-2H3,(H,19,22)(H,17,18,20)/t13-/m1/s1. The topological polar surface area (TPSA) is 79.4 Å². The number of likely N-dealkylation sites (tertiary alicyclic amines) is 1. The van der Waals surface area contributed by atoms with E-state index in [1.807, 2.05) is 18.7 Å². The number of piperidine rings is 1. The highest BCUT2D eigenvalue weighted by molar-refractivity contribution is 5.74. The maximum Gasteiger partial charge on any atom is 0.317 e. The first-order valence-electron chi connectivity index (χ1n) is 8.29. The molecule has 1 aromatic heterocycles. The molecular formula is C16H25N5O2. The molecule has 0 unspecified atom stereocenters. The quantitative estimate of drug-likeness (QED) is 0.885. The molecule has 23 heavy (non-hydrogen) atoms. The molecular weight excluding hydrogens is 294 g/mol. The number of hydrogen-bond acceptors (Lipinski definition) is 5. The number of carbonyl (C=O) groups is 1. The minimum absolute atomic E-state index is 0.0280. The van der Waals surface area contributed by atoms with Crippen LogP contribution in [0, 0.1) is 0 Å². The van der Waals surface area contributed by atoms with E-state index in [4.69, 9.17) is 4.74 Å². The van der Waals surface area contributed by atoms with E-state index in [-0.39, 0.29) is 23.7 Å². The van der Waals surface area contributed by atoms with Gasteiger partial charge in [0.1, 0.15) is 0 Å². The van der Waals surface area contributed by atoms with E-state index < -0.39 is 0 Å². The number of nitrogens with zero attached hydrogens (tertiary/aromatic N) is 3. The van der Waals surface area contributed by atoms with Crippen molar-refractivity contribution in [3.05, 3.63) is 18.5 Å². The van der Waals surface area contributed by atoms with Gasteiger partial charge in [0, 0.05) is 31.5 Å². The number of carbonyl (C=O) groups excluding carboxylic acids is 1. The fourth-order valence-electron chi connectivity index (χ4n) is 3.30. The van der Waals surface area contributed by atoms with Gasteiger partial charge in [0.2, 0.25) is 5.95 Å². The first kappa shape index (κ1) is 16.0. The van der Waals surface area contributed by atoms with E-state index >= 15 is 0 Å². The lowest BCUT2D eigenvalue weighted by Crippen LogP contribution is -2.51. The van der Waals surface area contributed by atoms with Crippen molar-refractivity contribution in [2.45, 2.75) is 50.8 Å². The number of hydrogen-bond donors (Lipinski definition) is 2. The van der Waals surface area contributed by atoms with Gasteiger partial charge >= 0.3 is 6.03 Å². The van der Waals surface area contributed by atoms with Crippen molar-refractivity contribution in [2.75, 3.05) is 25.0 Å². The van der Waals surface area contributed by atoms with Gasteiger partial charge in [-0.25, -0.2) is 14.8 Å². The molecule has 2 aliphatic heterocycles. The smallest absolute Gasteiger partial charge is 0.317 e. The molecule has 1 aromatic rings. The molecule has 0 saturated carbocycles. The molecule has 7 heteroatoms. The molecule has 1 spiro atoms. The number of ether oxygens (including phenoxy) is 1. The summed E-state index contributed by atoms with van der Waals surface area (Å²) >= 11 is 0. The Labute approximate surface area is 136 Å². The van der Waals surface area contributed by atoms with E-state index in [0.717, 1.165) is 32.4 Å². The number of amides is 2. The Morgan fingerprint density at radius 2 is 2.04 bits per heavy atom. The van der Waals surface area contributed by atoms with E-state index in [0.29, 0.717) is 12.6 Å². The summed E-state index contributed by atoms with van der Waals surface area (Å²) in [5.74, 6) is 0.645. The second-order valence-electron chi connectivity index (χ2n) is 6.70. The highest BCUT2D eigenvalue weighted by Gasteiger charge is 2.43. The van der Waals surface area contributed by atoms with Crippen LogP contribution in [0.3, 0.4) is 0 Å². The molecule has 7 nitrogen and oxygen atoms in total. The Kier molecular flexibility index (Phi) is 4.66. The third-order valence-electron chi connectivity index (χ3n) is 4.48. The summed E-state index contributed by atoms with van der Waals surface area (Å²) in [4.78, 5) is 22.3. The lowest BCUT2D eigenvalue weighted by atomic mass is 9.87. The summed E-state index contributed by atoms with van der Waals surface area (Å²) in [6, 6.07) is 2.23. The molecule has 2 N–H and O–H groups in total. The molecule has 3 rings (SSSR count). The predicted molar refractivity (Wildman–Crippen MR) is 87.2 cm³/mol. The minimum atomic E-state index is -0.110. The van der Waals surface area contributed by atoms with Gasteiger partial charge in [0.05, 0.1) is 18.2 Å². The van der Waals surface area contributed by atoms with Crippen molar-refractivity contribution in [1.82, 2.24) is 20.2 Å². The summed E-state index contributed by atoms with van der Waals surface area (Å²) in [6.07, 6.45) is 6.16. The molecule has 2 saturated heterocycles. The molecule has 3 heterocycles. The third-order valence-corrected chi connectivity index (χ3v) is 4.48. The zero-order valence-corrected chi connectivity index (χ0v) is 13.8. The molecule has 2 amide bonds. The fourth-order valence-corrected chi connectivity index (χ4v) is 3.30. The van der Waals surface area contributed by atoms with Crippen LogP contribution in [0.25, 0.3) is 0 Å². The van der Waals surface area contributed by atoms with Crippen molar-refractivity contribution >= 4 is 12.0 Å². The first-order chi connectivity index (χ1) is 11.1. The zero-order valence-electron chi connectivity index (χ0n) is 13.8. The minimum Gasteiger partial charge on any atom is -0.373 e. The lowest BCUT2D eigenvalue weighted by molar-refractivity contribution is -0.0363. The number of rotatable bonds is 3. The van der Waals surface area contributed by atoms with Gasteiger partial charge < -0.3 is 20.3 Å². The van der Waals surface area contributed by atoms with E-state index in [2.05, 4.69) is 20.6 Å². The van der Waals surface area contributed by atoms with Gasteiger partial charge in [-0.1, -0.05) is 0 Å². The number of nitrogens with one attached hydrogen (secondary N) is 2.